The third-order valence-corrected chi connectivity index (χ3v) is 4.37. The van der Waals surface area contributed by atoms with Crippen LogP contribution < -0.4 is 5.32 Å². The maximum Gasteiger partial charge on any atom is 0.224 e. The molecular formula is C15H21N3O2. The number of rotatable bonds is 3. The standard InChI is InChI=1S/C15H21N3O2/c1-16-15(19)12-8-14-13(4-7-20-14)18(10-12)9-11-2-5-17-6-3-11/h2-3,5-6,12-14H,4,7-10H2,1H3,(H,16,19)/t12-,13+,14+/m0/s1. The van der Waals surface area contributed by atoms with E-state index in [1.165, 1.54) is 5.56 Å². The summed E-state index contributed by atoms with van der Waals surface area (Å²) < 4.78 is 5.82. The van der Waals surface area contributed by atoms with E-state index in [-0.39, 0.29) is 17.9 Å². The van der Waals surface area contributed by atoms with Crippen LogP contribution in [-0.2, 0) is 16.1 Å². The molecule has 3 atom stereocenters. The number of nitrogens with one attached hydrogen (secondary N) is 1. The summed E-state index contributed by atoms with van der Waals surface area (Å²) >= 11 is 0. The van der Waals surface area contributed by atoms with E-state index in [2.05, 4.69) is 15.2 Å². The molecule has 0 aromatic carbocycles. The Labute approximate surface area is 119 Å². The first-order valence-corrected chi connectivity index (χ1v) is 7.24. The predicted octanol–water partition coefficient (Wildman–Crippen LogP) is 0.807. The largest absolute Gasteiger partial charge is 0.377 e. The van der Waals surface area contributed by atoms with Crippen LogP contribution in [0.2, 0.25) is 0 Å². The highest BCUT2D eigenvalue weighted by Crippen LogP contribution is 2.32. The van der Waals surface area contributed by atoms with Crippen LogP contribution in [0.15, 0.2) is 24.5 Å². The molecule has 2 aliphatic heterocycles. The van der Waals surface area contributed by atoms with Gasteiger partial charge >= 0.3 is 0 Å². The van der Waals surface area contributed by atoms with E-state index in [0.717, 1.165) is 32.5 Å². The summed E-state index contributed by atoms with van der Waals surface area (Å²) in [6, 6.07) is 4.52. The third kappa shape index (κ3) is 2.69. The normalized spacial score (nSPS) is 29.9. The highest BCUT2D eigenvalue weighted by atomic mass is 16.5. The molecule has 108 valence electrons. The zero-order valence-electron chi connectivity index (χ0n) is 11.8. The first kappa shape index (κ1) is 13.5. The fourth-order valence-corrected chi connectivity index (χ4v) is 3.35. The topological polar surface area (TPSA) is 54.5 Å². The molecule has 1 amide bonds. The fraction of sp³-hybridized carbons (Fsp3) is 0.600. The van der Waals surface area contributed by atoms with Crippen LogP contribution in [0.5, 0.6) is 0 Å². The third-order valence-electron chi connectivity index (χ3n) is 4.37. The van der Waals surface area contributed by atoms with Crippen molar-refractivity contribution in [1.82, 2.24) is 15.2 Å². The van der Waals surface area contributed by atoms with Gasteiger partial charge in [0.15, 0.2) is 0 Å². The number of fused-ring (bicyclic) bond motifs is 1. The molecule has 3 rings (SSSR count). The van der Waals surface area contributed by atoms with Gasteiger partial charge in [-0.1, -0.05) is 0 Å². The zero-order valence-corrected chi connectivity index (χ0v) is 11.8. The van der Waals surface area contributed by atoms with Gasteiger partial charge in [0.1, 0.15) is 0 Å². The monoisotopic (exact) mass is 275 g/mol. The van der Waals surface area contributed by atoms with Gasteiger partial charge < -0.3 is 10.1 Å². The Morgan fingerprint density at radius 2 is 2.30 bits per heavy atom. The second kappa shape index (κ2) is 5.89. The van der Waals surface area contributed by atoms with Crippen LogP contribution in [0.3, 0.4) is 0 Å². The molecule has 0 spiro atoms. The van der Waals surface area contributed by atoms with Gasteiger partial charge in [-0.15, -0.1) is 0 Å². The summed E-state index contributed by atoms with van der Waals surface area (Å²) in [6.07, 6.45) is 5.75. The number of amides is 1. The molecule has 1 aromatic heterocycles. The van der Waals surface area contributed by atoms with Gasteiger partial charge in [-0.2, -0.15) is 0 Å². The summed E-state index contributed by atoms with van der Waals surface area (Å²) in [6.45, 7) is 2.48. The SMILES string of the molecule is CNC(=O)[C@H]1C[C@H]2OCC[C@H]2N(Cc2ccncc2)C1. The van der Waals surface area contributed by atoms with Gasteiger partial charge in [0, 0.05) is 45.2 Å². The van der Waals surface area contributed by atoms with E-state index in [1.807, 2.05) is 24.5 Å². The number of ether oxygens (including phenoxy) is 1. The predicted molar refractivity (Wildman–Crippen MR) is 75.0 cm³/mol. The van der Waals surface area contributed by atoms with Crippen molar-refractivity contribution in [2.24, 2.45) is 5.92 Å². The van der Waals surface area contributed by atoms with E-state index in [9.17, 15) is 4.79 Å². The quantitative estimate of drug-likeness (QED) is 0.887. The van der Waals surface area contributed by atoms with E-state index in [4.69, 9.17) is 4.74 Å². The molecule has 0 bridgehead atoms. The molecule has 20 heavy (non-hydrogen) atoms. The molecule has 2 saturated heterocycles. The van der Waals surface area contributed by atoms with Crippen molar-refractivity contribution in [1.29, 1.82) is 0 Å². The van der Waals surface area contributed by atoms with Crippen LogP contribution in [0.1, 0.15) is 18.4 Å². The van der Waals surface area contributed by atoms with Gasteiger partial charge in [0.2, 0.25) is 5.91 Å². The number of nitrogens with zero attached hydrogens (tertiary/aromatic N) is 2. The minimum atomic E-state index is 0.0289. The summed E-state index contributed by atoms with van der Waals surface area (Å²) in [5.74, 6) is 0.153. The minimum absolute atomic E-state index is 0.0289. The van der Waals surface area contributed by atoms with Gasteiger partial charge in [-0.05, 0) is 30.5 Å². The highest BCUT2D eigenvalue weighted by Gasteiger charge is 2.41. The van der Waals surface area contributed by atoms with Crippen LogP contribution in [-0.4, -0.2) is 48.1 Å². The van der Waals surface area contributed by atoms with Crippen molar-refractivity contribution in [2.75, 3.05) is 20.2 Å². The number of pyridine rings is 1. The number of hydrogen-bond donors (Lipinski definition) is 1. The van der Waals surface area contributed by atoms with Crippen molar-refractivity contribution in [3.8, 4) is 0 Å². The lowest BCUT2D eigenvalue weighted by Crippen LogP contribution is -2.52. The Morgan fingerprint density at radius 3 is 3.05 bits per heavy atom. The van der Waals surface area contributed by atoms with Gasteiger partial charge in [0.25, 0.3) is 0 Å². The van der Waals surface area contributed by atoms with Gasteiger partial charge in [-0.3, -0.25) is 14.7 Å². The average Bonchev–Trinajstić information content (AvgIpc) is 2.96. The Morgan fingerprint density at radius 1 is 1.50 bits per heavy atom. The zero-order chi connectivity index (χ0) is 13.9. The minimum Gasteiger partial charge on any atom is -0.377 e. The number of aromatic nitrogens is 1. The molecule has 0 unspecified atom stereocenters. The summed E-state index contributed by atoms with van der Waals surface area (Å²) in [5, 5.41) is 2.77. The molecule has 3 heterocycles. The molecule has 2 fully saturated rings. The number of carbonyl (C=O) groups is 1. The molecule has 5 nitrogen and oxygen atoms in total. The molecule has 5 heteroatoms. The molecule has 1 aromatic rings. The van der Waals surface area contributed by atoms with Gasteiger partial charge in [0.05, 0.1) is 12.0 Å². The number of hydrogen-bond acceptors (Lipinski definition) is 4. The van der Waals surface area contributed by atoms with E-state index in [0.29, 0.717) is 6.04 Å². The number of carbonyl (C=O) groups excluding carboxylic acids is 1. The Bertz CT molecular complexity index is 465. The smallest absolute Gasteiger partial charge is 0.224 e. The Hall–Kier alpha value is -1.46. The molecule has 0 radical (unpaired) electrons. The lowest BCUT2D eigenvalue weighted by molar-refractivity contribution is -0.129. The summed E-state index contributed by atoms with van der Waals surface area (Å²) in [4.78, 5) is 18.4. The Balaban J connectivity index is 1.74. The molecule has 1 N–H and O–H groups in total. The second-order valence-corrected chi connectivity index (χ2v) is 5.60. The molecule has 2 aliphatic rings. The van der Waals surface area contributed by atoms with Crippen molar-refractivity contribution in [3.63, 3.8) is 0 Å². The average molecular weight is 275 g/mol. The van der Waals surface area contributed by atoms with E-state index in [1.54, 1.807) is 7.05 Å². The van der Waals surface area contributed by atoms with Gasteiger partial charge in [-0.25, -0.2) is 0 Å². The number of likely N-dealkylation sites (tertiary alicyclic amines) is 1. The maximum atomic E-state index is 12.0. The highest BCUT2D eigenvalue weighted by molar-refractivity contribution is 5.78. The molecule has 0 saturated carbocycles. The molecular weight excluding hydrogens is 254 g/mol. The summed E-state index contributed by atoms with van der Waals surface area (Å²) in [7, 11) is 1.71. The fourth-order valence-electron chi connectivity index (χ4n) is 3.35. The lowest BCUT2D eigenvalue weighted by Gasteiger charge is -2.40. The first-order chi connectivity index (χ1) is 9.78. The van der Waals surface area contributed by atoms with E-state index >= 15 is 0 Å². The second-order valence-electron chi connectivity index (χ2n) is 5.60. The summed E-state index contributed by atoms with van der Waals surface area (Å²) in [5.41, 5.74) is 1.24. The lowest BCUT2D eigenvalue weighted by atomic mass is 9.89. The molecule has 0 aliphatic carbocycles. The Kier molecular flexibility index (Phi) is 3.98. The van der Waals surface area contributed by atoms with Crippen LogP contribution in [0.25, 0.3) is 0 Å². The van der Waals surface area contributed by atoms with Crippen molar-refractivity contribution < 1.29 is 9.53 Å². The van der Waals surface area contributed by atoms with Crippen molar-refractivity contribution >= 4 is 5.91 Å². The van der Waals surface area contributed by atoms with Crippen molar-refractivity contribution in [2.45, 2.75) is 31.5 Å². The van der Waals surface area contributed by atoms with Crippen LogP contribution in [0.4, 0.5) is 0 Å². The maximum absolute atomic E-state index is 12.0. The first-order valence-electron chi connectivity index (χ1n) is 7.24. The van der Waals surface area contributed by atoms with Crippen LogP contribution >= 0.6 is 0 Å². The van der Waals surface area contributed by atoms with Crippen LogP contribution in [0, 0.1) is 5.92 Å². The van der Waals surface area contributed by atoms with Crippen molar-refractivity contribution in [3.05, 3.63) is 30.1 Å². The number of piperidine rings is 1. The van der Waals surface area contributed by atoms with E-state index < -0.39 is 0 Å².